The fraction of sp³-hybridized carbons (Fsp3) is 0.750. The number of rotatable bonds is 3. The maximum atomic E-state index is 6.24. The molecule has 1 aliphatic rings. The number of hydrogen-bond acceptors (Lipinski definition) is 2. The predicted molar refractivity (Wildman–Crippen MR) is 66.7 cm³/mol. The van der Waals surface area contributed by atoms with Crippen LogP contribution < -0.4 is 5.73 Å². The molecule has 2 N–H and O–H groups in total. The van der Waals surface area contributed by atoms with Gasteiger partial charge in [0.15, 0.2) is 0 Å². The van der Waals surface area contributed by atoms with Crippen molar-refractivity contribution in [2.75, 3.05) is 0 Å². The minimum atomic E-state index is 0.333. The number of aromatic nitrogens is 2. The third-order valence-electron chi connectivity index (χ3n) is 3.37. The fourth-order valence-electron chi connectivity index (χ4n) is 2.64. The van der Waals surface area contributed by atoms with Crippen LogP contribution in [0.3, 0.4) is 0 Å². The van der Waals surface area contributed by atoms with Gasteiger partial charge in [0.1, 0.15) is 0 Å². The Morgan fingerprint density at radius 2 is 2.38 bits per heavy atom. The predicted octanol–water partition coefficient (Wildman–Crippen LogP) is 2.93. The van der Waals surface area contributed by atoms with Crippen LogP contribution in [-0.2, 0) is 6.54 Å². The molecule has 1 aromatic heterocycles. The van der Waals surface area contributed by atoms with E-state index < -0.39 is 0 Å². The van der Waals surface area contributed by atoms with E-state index in [1.165, 1.54) is 18.5 Å². The van der Waals surface area contributed by atoms with E-state index in [-0.39, 0.29) is 0 Å². The molecular weight excluding hydrogens is 222 g/mol. The first-order valence-electron chi connectivity index (χ1n) is 6.19. The first-order chi connectivity index (χ1) is 7.72. The van der Waals surface area contributed by atoms with E-state index in [9.17, 15) is 0 Å². The van der Waals surface area contributed by atoms with Gasteiger partial charge in [-0.15, -0.1) is 0 Å². The van der Waals surface area contributed by atoms with Gasteiger partial charge in [-0.3, -0.25) is 4.68 Å². The second-order valence-electron chi connectivity index (χ2n) is 4.72. The number of nitrogens with zero attached hydrogens (tertiary/aromatic N) is 2. The van der Waals surface area contributed by atoms with E-state index in [0.29, 0.717) is 12.0 Å². The summed E-state index contributed by atoms with van der Waals surface area (Å²) in [5.41, 5.74) is 7.24. The van der Waals surface area contributed by atoms with Crippen molar-refractivity contribution >= 4 is 11.6 Å². The first-order valence-corrected chi connectivity index (χ1v) is 6.57. The average Bonchev–Trinajstić information content (AvgIpc) is 2.60. The molecule has 90 valence electrons. The fourth-order valence-corrected chi connectivity index (χ4v) is 2.94. The quantitative estimate of drug-likeness (QED) is 0.884. The monoisotopic (exact) mass is 241 g/mol. The van der Waals surface area contributed by atoms with Gasteiger partial charge in [-0.05, 0) is 25.7 Å². The Balaban J connectivity index is 2.20. The molecule has 2 atom stereocenters. The Bertz CT molecular complexity index is 348. The molecule has 1 heterocycles. The van der Waals surface area contributed by atoms with Crippen LogP contribution in [0.4, 0.5) is 0 Å². The maximum absolute atomic E-state index is 6.24. The van der Waals surface area contributed by atoms with Crippen molar-refractivity contribution in [3.63, 3.8) is 0 Å². The Morgan fingerprint density at radius 1 is 1.56 bits per heavy atom. The molecular formula is C12H20ClN3. The Morgan fingerprint density at radius 3 is 3.06 bits per heavy atom. The molecule has 2 rings (SSSR count). The summed E-state index contributed by atoms with van der Waals surface area (Å²) in [7, 11) is 0. The topological polar surface area (TPSA) is 43.8 Å². The zero-order valence-corrected chi connectivity index (χ0v) is 10.6. The van der Waals surface area contributed by atoms with Crippen LogP contribution >= 0.6 is 11.6 Å². The third kappa shape index (κ3) is 2.41. The van der Waals surface area contributed by atoms with Gasteiger partial charge in [0, 0.05) is 18.5 Å². The van der Waals surface area contributed by atoms with Crippen LogP contribution in [0.2, 0.25) is 5.02 Å². The molecule has 0 aromatic carbocycles. The lowest BCUT2D eigenvalue weighted by Crippen LogP contribution is -2.28. The molecule has 0 aliphatic heterocycles. The summed E-state index contributed by atoms with van der Waals surface area (Å²) < 4.78 is 2.06. The molecule has 1 aliphatic carbocycles. The number of halogens is 1. The minimum Gasteiger partial charge on any atom is -0.328 e. The molecule has 3 nitrogen and oxygen atoms in total. The van der Waals surface area contributed by atoms with Crippen LogP contribution in [0, 0.1) is 0 Å². The SMILES string of the molecule is CCCn1ncc(Cl)c1C1CCCC(N)C1. The number of hydrogen-bond donors (Lipinski definition) is 1. The van der Waals surface area contributed by atoms with Crippen LogP contribution in [0.15, 0.2) is 6.20 Å². The highest BCUT2D eigenvalue weighted by molar-refractivity contribution is 6.31. The lowest BCUT2D eigenvalue weighted by Gasteiger charge is -2.27. The standard InChI is InChI=1S/C12H20ClN3/c1-2-6-16-12(11(13)8-15-16)9-4-3-5-10(14)7-9/h8-10H,2-7,14H2,1H3. The molecule has 0 radical (unpaired) electrons. The molecule has 16 heavy (non-hydrogen) atoms. The van der Waals surface area contributed by atoms with Crippen molar-refractivity contribution in [2.45, 2.75) is 57.5 Å². The Kier molecular flexibility index (Phi) is 3.87. The maximum Gasteiger partial charge on any atom is 0.0820 e. The molecule has 0 bridgehead atoms. The summed E-state index contributed by atoms with van der Waals surface area (Å²) in [5.74, 6) is 0.505. The average molecular weight is 242 g/mol. The smallest absolute Gasteiger partial charge is 0.0820 e. The van der Waals surface area contributed by atoms with Gasteiger partial charge in [0.2, 0.25) is 0 Å². The second kappa shape index (κ2) is 5.19. The lowest BCUT2D eigenvalue weighted by atomic mass is 9.84. The molecule has 0 amide bonds. The third-order valence-corrected chi connectivity index (χ3v) is 3.66. The summed E-state index contributed by atoms with van der Waals surface area (Å²) in [5, 5.41) is 5.16. The highest BCUT2D eigenvalue weighted by atomic mass is 35.5. The van der Waals surface area contributed by atoms with Crippen LogP contribution in [0.25, 0.3) is 0 Å². The summed E-state index contributed by atoms with van der Waals surface area (Å²) in [6.07, 6.45) is 7.46. The van der Waals surface area contributed by atoms with Crippen molar-refractivity contribution < 1.29 is 0 Å². The van der Waals surface area contributed by atoms with E-state index in [4.69, 9.17) is 17.3 Å². The summed E-state index contributed by atoms with van der Waals surface area (Å²) in [4.78, 5) is 0. The van der Waals surface area contributed by atoms with E-state index in [0.717, 1.165) is 30.8 Å². The molecule has 4 heteroatoms. The van der Waals surface area contributed by atoms with Gasteiger partial charge in [0.05, 0.1) is 16.9 Å². The van der Waals surface area contributed by atoms with Gasteiger partial charge in [-0.25, -0.2) is 0 Å². The zero-order chi connectivity index (χ0) is 11.5. The largest absolute Gasteiger partial charge is 0.328 e. The minimum absolute atomic E-state index is 0.333. The summed E-state index contributed by atoms with van der Waals surface area (Å²) in [6.45, 7) is 3.11. The number of aryl methyl sites for hydroxylation is 1. The van der Waals surface area contributed by atoms with Gasteiger partial charge < -0.3 is 5.73 Å². The molecule has 1 saturated carbocycles. The highest BCUT2D eigenvalue weighted by Crippen LogP contribution is 2.35. The van der Waals surface area contributed by atoms with Crippen molar-refractivity contribution in [1.82, 2.24) is 9.78 Å². The Hall–Kier alpha value is -0.540. The highest BCUT2D eigenvalue weighted by Gasteiger charge is 2.25. The normalized spacial score (nSPS) is 25.9. The van der Waals surface area contributed by atoms with E-state index >= 15 is 0 Å². The van der Waals surface area contributed by atoms with Crippen molar-refractivity contribution in [3.8, 4) is 0 Å². The molecule has 1 aromatic rings. The molecule has 2 unspecified atom stereocenters. The van der Waals surface area contributed by atoms with Crippen LogP contribution in [0.5, 0.6) is 0 Å². The number of nitrogens with two attached hydrogens (primary N) is 1. The van der Waals surface area contributed by atoms with E-state index in [1.807, 2.05) is 0 Å². The molecule has 0 saturated heterocycles. The van der Waals surface area contributed by atoms with Gasteiger partial charge in [-0.2, -0.15) is 5.10 Å². The molecule has 1 fully saturated rings. The summed E-state index contributed by atoms with van der Waals surface area (Å²) >= 11 is 6.24. The van der Waals surface area contributed by atoms with Crippen LogP contribution in [0.1, 0.15) is 50.6 Å². The van der Waals surface area contributed by atoms with Crippen LogP contribution in [-0.4, -0.2) is 15.8 Å². The van der Waals surface area contributed by atoms with E-state index in [1.54, 1.807) is 6.20 Å². The van der Waals surface area contributed by atoms with Gasteiger partial charge in [-0.1, -0.05) is 24.9 Å². The van der Waals surface area contributed by atoms with Crippen molar-refractivity contribution in [2.24, 2.45) is 5.73 Å². The Labute approximate surface area is 102 Å². The first kappa shape index (κ1) is 11.9. The summed E-state index contributed by atoms with van der Waals surface area (Å²) in [6, 6.07) is 0.333. The second-order valence-corrected chi connectivity index (χ2v) is 5.13. The molecule has 0 spiro atoms. The lowest BCUT2D eigenvalue weighted by molar-refractivity contribution is 0.373. The zero-order valence-electron chi connectivity index (χ0n) is 9.82. The van der Waals surface area contributed by atoms with Crippen molar-refractivity contribution in [1.29, 1.82) is 0 Å². The van der Waals surface area contributed by atoms with Gasteiger partial charge in [0.25, 0.3) is 0 Å². The van der Waals surface area contributed by atoms with Gasteiger partial charge >= 0.3 is 0 Å². The van der Waals surface area contributed by atoms with E-state index in [2.05, 4.69) is 16.7 Å². The van der Waals surface area contributed by atoms with Crippen molar-refractivity contribution in [3.05, 3.63) is 16.9 Å².